The summed E-state index contributed by atoms with van der Waals surface area (Å²) in [5.41, 5.74) is 3.12. The molecule has 2 aromatic carbocycles. The first kappa shape index (κ1) is 14.2. The van der Waals surface area contributed by atoms with Crippen LogP contribution in [0.5, 0.6) is 5.75 Å². The highest BCUT2D eigenvalue weighted by molar-refractivity contribution is 6.30. The van der Waals surface area contributed by atoms with Crippen LogP contribution >= 0.6 is 11.6 Å². The first-order valence-corrected chi connectivity index (χ1v) is 7.41. The predicted octanol–water partition coefficient (Wildman–Crippen LogP) is 3.79. The van der Waals surface area contributed by atoms with Gasteiger partial charge in [-0.25, -0.2) is 0 Å². The number of halogens is 1. The molecule has 1 heterocycles. The van der Waals surface area contributed by atoms with Gasteiger partial charge in [-0.15, -0.1) is 0 Å². The highest BCUT2D eigenvalue weighted by atomic mass is 35.5. The molecule has 0 amide bonds. The van der Waals surface area contributed by atoms with E-state index in [1.54, 1.807) is 7.11 Å². The second kappa shape index (κ2) is 5.96. The Kier molecular flexibility index (Phi) is 4.04. The van der Waals surface area contributed by atoms with E-state index in [0.29, 0.717) is 11.6 Å². The van der Waals surface area contributed by atoms with Crippen LogP contribution in [0.1, 0.15) is 23.7 Å². The Hall–Kier alpha value is -1.71. The Morgan fingerprint density at radius 1 is 1.29 bits per heavy atom. The molecule has 4 heteroatoms. The molecule has 3 rings (SSSR count). The lowest BCUT2D eigenvalue weighted by atomic mass is 9.98. The Bertz CT molecular complexity index is 644. The van der Waals surface area contributed by atoms with Gasteiger partial charge in [-0.1, -0.05) is 29.8 Å². The van der Waals surface area contributed by atoms with Crippen LogP contribution in [-0.2, 0) is 6.54 Å². The smallest absolute Gasteiger partial charge is 0.123 e. The lowest BCUT2D eigenvalue weighted by molar-refractivity contribution is 0.164. The zero-order chi connectivity index (χ0) is 14.8. The molecular weight excluding hydrogens is 286 g/mol. The number of fused-ring (bicyclic) bond motifs is 1. The molecule has 0 fully saturated rings. The van der Waals surface area contributed by atoms with Gasteiger partial charge >= 0.3 is 0 Å². The van der Waals surface area contributed by atoms with Crippen molar-refractivity contribution in [3.05, 3.63) is 58.6 Å². The van der Waals surface area contributed by atoms with Crippen LogP contribution in [0, 0.1) is 0 Å². The van der Waals surface area contributed by atoms with Crippen molar-refractivity contribution in [3.63, 3.8) is 0 Å². The van der Waals surface area contributed by atoms with E-state index in [4.69, 9.17) is 16.3 Å². The minimum absolute atomic E-state index is 0.376. The van der Waals surface area contributed by atoms with E-state index in [1.165, 1.54) is 0 Å². The molecule has 0 bridgehead atoms. The summed E-state index contributed by atoms with van der Waals surface area (Å²) in [4.78, 5) is 2.26. The van der Waals surface area contributed by atoms with Crippen LogP contribution in [-0.4, -0.2) is 18.8 Å². The monoisotopic (exact) mass is 303 g/mol. The van der Waals surface area contributed by atoms with Crippen molar-refractivity contribution in [2.75, 3.05) is 18.6 Å². The molecule has 0 spiro atoms. The van der Waals surface area contributed by atoms with Gasteiger partial charge in [0.05, 0.1) is 13.2 Å². The highest BCUT2D eigenvalue weighted by Gasteiger charge is 2.23. The summed E-state index contributed by atoms with van der Waals surface area (Å²) in [5, 5.41) is 10.8. The van der Waals surface area contributed by atoms with Gasteiger partial charge < -0.3 is 14.7 Å². The van der Waals surface area contributed by atoms with Crippen LogP contribution in [0.3, 0.4) is 0 Å². The molecule has 0 aliphatic carbocycles. The van der Waals surface area contributed by atoms with Gasteiger partial charge in [0.2, 0.25) is 0 Å². The van der Waals surface area contributed by atoms with Crippen LogP contribution in [0.25, 0.3) is 0 Å². The third-order valence-corrected chi connectivity index (χ3v) is 4.15. The first-order valence-electron chi connectivity index (χ1n) is 7.03. The van der Waals surface area contributed by atoms with E-state index < -0.39 is 0 Å². The van der Waals surface area contributed by atoms with Crippen molar-refractivity contribution in [1.82, 2.24) is 0 Å². The second-order valence-corrected chi connectivity index (χ2v) is 5.68. The molecule has 21 heavy (non-hydrogen) atoms. The summed E-state index contributed by atoms with van der Waals surface area (Å²) in [6, 6.07) is 13.7. The zero-order valence-electron chi connectivity index (χ0n) is 11.9. The molecular formula is C17H18ClNO2. The molecule has 1 unspecified atom stereocenters. The Morgan fingerprint density at radius 3 is 2.90 bits per heavy atom. The Morgan fingerprint density at radius 2 is 2.10 bits per heavy atom. The quantitative estimate of drug-likeness (QED) is 0.936. The van der Waals surface area contributed by atoms with Crippen LogP contribution in [0.15, 0.2) is 42.5 Å². The molecule has 0 aromatic heterocycles. The summed E-state index contributed by atoms with van der Waals surface area (Å²) in [6.45, 7) is 1.53. The van der Waals surface area contributed by atoms with Gasteiger partial charge in [0.25, 0.3) is 0 Å². The maximum Gasteiger partial charge on any atom is 0.123 e. The number of para-hydroxylation sites is 1. The van der Waals surface area contributed by atoms with E-state index in [1.807, 2.05) is 36.4 Å². The fraction of sp³-hybridized carbons (Fsp3) is 0.294. The maximum atomic E-state index is 10.1. The second-order valence-electron chi connectivity index (χ2n) is 5.24. The van der Waals surface area contributed by atoms with Crippen molar-refractivity contribution in [2.45, 2.75) is 19.1 Å². The van der Waals surface area contributed by atoms with E-state index in [-0.39, 0.29) is 6.10 Å². The summed E-state index contributed by atoms with van der Waals surface area (Å²) in [6.07, 6.45) is 0.360. The first-order chi connectivity index (χ1) is 10.2. The van der Waals surface area contributed by atoms with Gasteiger partial charge in [-0.05, 0) is 30.7 Å². The Labute approximate surface area is 129 Å². The summed E-state index contributed by atoms with van der Waals surface area (Å²) in [5.74, 6) is 0.836. The van der Waals surface area contributed by atoms with Gasteiger partial charge in [0.15, 0.2) is 0 Å². The van der Waals surface area contributed by atoms with E-state index in [2.05, 4.69) is 11.0 Å². The molecule has 1 atom stereocenters. The summed E-state index contributed by atoms with van der Waals surface area (Å²) < 4.78 is 5.42. The molecule has 1 aliphatic heterocycles. The number of aliphatic hydroxyl groups is 1. The SMILES string of the molecule is COc1ccc(Cl)cc1CN1CCC(O)c2ccccc21. The number of anilines is 1. The minimum atomic E-state index is -0.376. The third kappa shape index (κ3) is 2.85. The number of benzene rings is 2. The minimum Gasteiger partial charge on any atom is -0.496 e. The third-order valence-electron chi connectivity index (χ3n) is 3.91. The van der Waals surface area contributed by atoms with E-state index in [9.17, 15) is 5.11 Å². The average Bonchev–Trinajstić information content (AvgIpc) is 2.51. The number of rotatable bonds is 3. The van der Waals surface area contributed by atoms with Crippen molar-refractivity contribution >= 4 is 17.3 Å². The number of ether oxygens (including phenoxy) is 1. The molecule has 2 aromatic rings. The topological polar surface area (TPSA) is 32.7 Å². The normalized spacial score (nSPS) is 17.5. The zero-order valence-corrected chi connectivity index (χ0v) is 12.7. The van der Waals surface area contributed by atoms with E-state index in [0.717, 1.165) is 35.5 Å². The number of hydrogen-bond donors (Lipinski definition) is 1. The molecule has 3 nitrogen and oxygen atoms in total. The van der Waals surface area contributed by atoms with Gasteiger partial charge in [-0.2, -0.15) is 0 Å². The molecule has 1 aliphatic rings. The average molecular weight is 304 g/mol. The van der Waals surface area contributed by atoms with E-state index >= 15 is 0 Å². The number of nitrogens with zero attached hydrogens (tertiary/aromatic N) is 1. The maximum absolute atomic E-state index is 10.1. The summed E-state index contributed by atoms with van der Waals surface area (Å²) >= 11 is 6.10. The number of aliphatic hydroxyl groups excluding tert-OH is 1. The lowest BCUT2D eigenvalue weighted by Gasteiger charge is -2.34. The number of methoxy groups -OCH3 is 1. The molecule has 110 valence electrons. The van der Waals surface area contributed by atoms with Crippen molar-refractivity contribution in [2.24, 2.45) is 0 Å². The Balaban J connectivity index is 1.93. The largest absolute Gasteiger partial charge is 0.496 e. The van der Waals surface area contributed by atoms with Crippen LogP contribution < -0.4 is 9.64 Å². The van der Waals surface area contributed by atoms with Gasteiger partial charge in [0.1, 0.15) is 5.75 Å². The molecule has 0 radical (unpaired) electrons. The summed E-state index contributed by atoms with van der Waals surface area (Å²) in [7, 11) is 1.67. The molecule has 0 saturated carbocycles. The van der Waals surface area contributed by atoms with Gasteiger partial charge in [0, 0.05) is 34.9 Å². The fourth-order valence-corrected chi connectivity index (χ4v) is 3.05. The molecule has 0 saturated heterocycles. The van der Waals surface area contributed by atoms with Crippen molar-refractivity contribution < 1.29 is 9.84 Å². The highest BCUT2D eigenvalue weighted by Crippen LogP contribution is 2.35. The number of hydrogen-bond acceptors (Lipinski definition) is 3. The van der Waals surface area contributed by atoms with Crippen molar-refractivity contribution in [1.29, 1.82) is 0 Å². The van der Waals surface area contributed by atoms with Crippen LogP contribution in [0.4, 0.5) is 5.69 Å². The predicted molar refractivity (Wildman–Crippen MR) is 85.1 cm³/mol. The molecule has 1 N–H and O–H groups in total. The van der Waals surface area contributed by atoms with Crippen molar-refractivity contribution in [3.8, 4) is 5.75 Å². The van der Waals surface area contributed by atoms with Crippen LogP contribution in [0.2, 0.25) is 5.02 Å². The fourth-order valence-electron chi connectivity index (χ4n) is 2.85. The lowest BCUT2D eigenvalue weighted by Crippen LogP contribution is -2.30. The van der Waals surface area contributed by atoms with Gasteiger partial charge in [-0.3, -0.25) is 0 Å². The standard InChI is InChI=1S/C17H18ClNO2/c1-21-17-7-6-13(18)10-12(17)11-19-9-8-16(20)14-4-2-3-5-15(14)19/h2-7,10,16,20H,8-9,11H2,1H3.